The van der Waals surface area contributed by atoms with E-state index in [4.69, 9.17) is 9.47 Å². The maximum absolute atomic E-state index is 12.5. The van der Waals surface area contributed by atoms with Crippen molar-refractivity contribution in [3.63, 3.8) is 0 Å². The van der Waals surface area contributed by atoms with Gasteiger partial charge in [0.05, 0.1) is 13.5 Å². The number of hydrogen-bond acceptors (Lipinski definition) is 4. The second kappa shape index (κ2) is 5.79. The number of carbonyl (C=O) groups excluding carboxylic acids is 2. The van der Waals surface area contributed by atoms with E-state index in [9.17, 15) is 9.59 Å². The summed E-state index contributed by atoms with van der Waals surface area (Å²) < 4.78 is 11.5. The largest absolute Gasteiger partial charge is 0.468 e. The number of rotatable bonds is 4. The monoisotopic (exact) mass is 354 g/mol. The predicted octanol–water partition coefficient (Wildman–Crippen LogP) is 3.57. The van der Waals surface area contributed by atoms with Gasteiger partial charge in [0, 0.05) is 4.47 Å². The molecule has 1 saturated heterocycles. The lowest BCUT2D eigenvalue weighted by molar-refractivity contribution is -0.168. The Labute approximate surface area is 132 Å². The maximum atomic E-state index is 12.5. The quantitative estimate of drug-likeness (QED) is 0.775. The minimum Gasteiger partial charge on any atom is -0.468 e. The molecular formula is C16H19BrO4. The number of carbonyl (C=O) groups is 2. The molecule has 0 spiro atoms. The third-order valence-corrected chi connectivity index (χ3v) is 4.85. The molecule has 1 aliphatic heterocycles. The van der Waals surface area contributed by atoms with E-state index in [1.807, 2.05) is 31.2 Å². The summed E-state index contributed by atoms with van der Waals surface area (Å²) in [6.45, 7) is 3.78. The Hall–Kier alpha value is -1.36. The second-order valence-corrected chi connectivity index (χ2v) is 6.43. The molecule has 1 aromatic rings. The van der Waals surface area contributed by atoms with Crippen LogP contribution in [0.2, 0.25) is 0 Å². The molecule has 5 heteroatoms. The van der Waals surface area contributed by atoms with Crippen molar-refractivity contribution in [3.05, 3.63) is 34.3 Å². The van der Waals surface area contributed by atoms with Gasteiger partial charge >= 0.3 is 11.9 Å². The van der Waals surface area contributed by atoms with Crippen LogP contribution >= 0.6 is 15.9 Å². The molecule has 1 fully saturated rings. The van der Waals surface area contributed by atoms with Crippen LogP contribution in [0.5, 0.6) is 0 Å². The molecule has 114 valence electrons. The molecule has 0 saturated carbocycles. The Kier molecular flexibility index (Phi) is 4.42. The van der Waals surface area contributed by atoms with Gasteiger partial charge in [0.2, 0.25) is 0 Å². The van der Waals surface area contributed by atoms with Gasteiger partial charge in [0.1, 0.15) is 5.41 Å². The van der Waals surface area contributed by atoms with Gasteiger partial charge in [-0.1, -0.05) is 41.4 Å². The van der Waals surface area contributed by atoms with E-state index >= 15 is 0 Å². The fourth-order valence-corrected chi connectivity index (χ4v) is 3.46. The second-order valence-electron chi connectivity index (χ2n) is 5.51. The van der Waals surface area contributed by atoms with Gasteiger partial charge in [-0.05, 0) is 31.0 Å². The molecule has 21 heavy (non-hydrogen) atoms. The molecule has 0 amide bonds. The van der Waals surface area contributed by atoms with E-state index in [1.165, 1.54) is 7.11 Å². The SMILES string of the molecule is CCCC1(C(=O)OC)CC(=O)OC1(C)c1ccc(Br)cc1. The van der Waals surface area contributed by atoms with Gasteiger partial charge in [-0.25, -0.2) is 0 Å². The van der Waals surface area contributed by atoms with Crippen molar-refractivity contribution in [2.75, 3.05) is 7.11 Å². The smallest absolute Gasteiger partial charge is 0.316 e. The van der Waals surface area contributed by atoms with Crippen molar-refractivity contribution in [2.45, 2.75) is 38.7 Å². The first-order valence-electron chi connectivity index (χ1n) is 6.96. The first kappa shape index (κ1) is 16.0. The highest BCUT2D eigenvalue weighted by Crippen LogP contribution is 2.54. The highest BCUT2D eigenvalue weighted by molar-refractivity contribution is 9.10. The first-order chi connectivity index (χ1) is 9.89. The van der Waals surface area contributed by atoms with Crippen molar-refractivity contribution < 1.29 is 19.1 Å². The number of ether oxygens (including phenoxy) is 2. The molecule has 1 heterocycles. The van der Waals surface area contributed by atoms with Gasteiger partial charge < -0.3 is 9.47 Å². The normalized spacial score (nSPS) is 28.3. The van der Waals surface area contributed by atoms with Crippen molar-refractivity contribution in [2.24, 2.45) is 5.41 Å². The topological polar surface area (TPSA) is 52.6 Å². The molecule has 2 unspecified atom stereocenters. The highest BCUT2D eigenvalue weighted by atomic mass is 79.9. The summed E-state index contributed by atoms with van der Waals surface area (Å²) in [5, 5.41) is 0. The molecule has 2 atom stereocenters. The zero-order valence-electron chi connectivity index (χ0n) is 12.4. The third kappa shape index (κ3) is 2.48. The summed E-state index contributed by atoms with van der Waals surface area (Å²) in [6.07, 6.45) is 1.36. The van der Waals surface area contributed by atoms with Crippen LogP contribution in [-0.4, -0.2) is 19.0 Å². The van der Waals surface area contributed by atoms with Crippen LogP contribution in [-0.2, 0) is 24.7 Å². The lowest BCUT2D eigenvalue weighted by atomic mass is 9.66. The third-order valence-electron chi connectivity index (χ3n) is 4.33. The van der Waals surface area contributed by atoms with E-state index in [-0.39, 0.29) is 18.4 Å². The Morgan fingerprint density at radius 1 is 1.38 bits per heavy atom. The van der Waals surface area contributed by atoms with Crippen LogP contribution in [0.3, 0.4) is 0 Å². The molecule has 2 rings (SSSR count). The van der Waals surface area contributed by atoms with E-state index in [0.29, 0.717) is 6.42 Å². The van der Waals surface area contributed by atoms with Gasteiger partial charge in [0.15, 0.2) is 5.60 Å². The lowest BCUT2D eigenvalue weighted by Crippen LogP contribution is -2.46. The zero-order chi connectivity index (χ0) is 15.7. The van der Waals surface area contributed by atoms with E-state index in [1.54, 1.807) is 6.92 Å². The summed E-state index contributed by atoms with van der Waals surface area (Å²) in [4.78, 5) is 24.4. The molecule has 0 N–H and O–H groups in total. The lowest BCUT2D eigenvalue weighted by Gasteiger charge is -2.39. The summed E-state index contributed by atoms with van der Waals surface area (Å²) in [5.74, 6) is -0.750. The van der Waals surface area contributed by atoms with Crippen LogP contribution in [0.1, 0.15) is 38.7 Å². The Morgan fingerprint density at radius 2 is 2.00 bits per heavy atom. The Bertz CT molecular complexity index is 554. The predicted molar refractivity (Wildman–Crippen MR) is 81.6 cm³/mol. The zero-order valence-corrected chi connectivity index (χ0v) is 14.0. The minimum atomic E-state index is -1.01. The van der Waals surface area contributed by atoms with Gasteiger partial charge in [-0.3, -0.25) is 9.59 Å². The molecule has 1 aromatic carbocycles. The summed E-state index contributed by atoms with van der Waals surface area (Å²) in [7, 11) is 1.35. The van der Waals surface area contributed by atoms with Crippen molar-refractivity contribution in [3.8, 4) is 0 Å². The molecule has 4 nitrogen and oxygen atoms in total. The van der Waals surface area contributed by atoms with Crippen molar-refractivity contribution >= 4 is 27.9 Å². The standard InChI is InChI=1S/C16H19BrO4/c1-4-9-16(14(19)20-3)10-13(18)21-15(16,2)11-5-7-12(17)8-6-11/h5-8H,4,9-10H2,1-3H3. The molecule has 0 bridgehead atoms. The van der Waals surface area contributed by atoms with Gasteiger partial charge in [0.25, 0.3) is 0 Å². The van der Waals surface area contributed by atoms with Gasteiger partial charge in [-0.15, -0.1) is 0 Å². The molecular weight excluding hydrogens is 336 g/mol. The highest BCUT2D eigenvalue weighted by Gasteiger charge is 2.63. The fraction of sp³-hybridized carbons (Fsp3) is 0.500. The Balaban J connectivity index is 2.58. The summed E-state index contributed by atoms with van der Waals surface area (Å²) >= 11 is 3.39. The molecule has 1 aliphatic rings. The van der Waals surface area contributed by atoms with Crippen molar-refractivity contribution in [1.29, 1.82) is 0 Å². The van der Waals surface area contributed by atoms with Crippen LogP contribution < -0.4 is 0 Å². The van der Waals surface area contributed by atoms with Crippen LogP contribution in [0, 0.1) is 5.41 Å². The van der Waals surface area contributed by atoms with Crippen LogP contribution in [0.15, 0.2) is 28.7 Å². The first-order valence-corrected chi connectivity index (χ1v) is 7.75. The summed E-state index contributed by atoms with van der Waals surface area (Å²) in [6, 6.07) is 7.49. The van der Waals surface area contributed by atoms with Crippen LogP contribution in [0.4, 0.5) is 0 Å². The summed E-state index contributed by atoms with van der Waals surface area (Å²) in [5.41, 5.74) is -1.18. The Morgan fingerprint density at radius 3 is 2.52 bits per heavy atom. The van der Waals surface area contributed by atoms with Crippen LogP contribution in [0.25, 0.3) is 0 Å². The average molecular weight is 355 g/mol. The van der Waals surface area contributed by atoms with E-state index in [0.717, 1.165) is 16.5 Å². The number of cyclic esters (lactones) is 1. The van der Waals surface area contributed by atoms with E-state index in [2.05, 4.69) is 15.9 Å². The van der Waals surface area contributed by atoms with Gasteiger partial charge in [-0.2, -0.15) is 0 Å². The maximum Gasteiger partial charge on any atom is 0.316 e. The number of halogens is 1. The van der Waals surface area contributed by atoms with Crippen molar-refractivity contribution in [1.82, 2.24) is 0 Å². The number of hydrogen-bond donors (Lipinski definition) is 0. The number of benzene rings is 1. The number of esters is 2. The molecule has 0 aliphatic carbocycles. The van der Waals surface area contributed by atoms with E-state index < -0.39 is 11.0 Å². The average Bonchev–Trinajstić information content (AvgIpc) is 2.71. The molecule has 0 aromatic heterocycles. The minimum absolute atomic E-state index is 0.0556. The fourth-order valence-electron chi connectivity index (χ4n) is 3.20. The molecule has 0 radical (unpaired) electrons. The number of methoxy groups -OCH3 is 1.